The van der Waals surface area contributed by atoms with Gasteiger partial charge in [-0.25, -0.2) is 4.98 Å². The van der Waals surface area contributed by atoms with Crippen molar-refractivity contribution in [3.63, 3.8) is 0 Å². The molecule has 0 aromatic carbocycles. The predicted octanol–water partition coefficient (Wildman–Crippen LogP) is 2.13. The molecule has 31 heavy (non-hydrogen) atoms. The average Bonchev–Trinajstić information content (AvgIpc) is 2.98. The molecule has 2 aliphatic rings. The molecule has 4 rings (SSSR count). The number of aromatic nitrogens is 2. The molecule has 0 bridgehead atoms. The van der Waals surface area contributed by atoms with Gasteiger partial charge in [-0.05, 0) is 37.3 Å². The van der Waals surface area contributed by atoms with Crippen LogP contribution >= 0.6 is 0 Å². The van der Waals surface area contributed by atoms with Crippen LogP contribution in [0.3, 0.4) is 0 Å². The monoisotopic (exact) mass is 428 g/mol. The Morgan fingerprint density at radius 3 is 2.84 bits per heavy atom. The Balaban J connectivity index is 1.63. The van der Waals surface area contributed by atoms with Crippen molar-refractivity contribution in [2.24, 2.45) is 5.92 Å². The SMILES string of the molecule is CC1CCCC(NC(=O)c2c(O)c3cccnc3n(CCN3CCOCC3)c2=O)CC1. The summed E-state index contributed by atoms with van der Waals surface area (Å²) in [5.74, 6) is -0.123. The van der Waals surface area contributed by atoms with Gasteiger partial charge >= 0.3 is 0 Å². The zero-order chi connectivity index (χ0) is 21.8. The van der Waals surface area contributed by atoms with Crippen LogP contribution in [-0.2, 0) is 11.3 Å². The van der Waals surface area contributed by atoms with Crippen molar-refractivity contribution in [3.05, 3.63) is 34.2 Å². The molecule has 1 saturated carbocycles. The third-order valence-electron chi connectivity index (χ3n) is 6.56. The molecule has 2 fully saturated rings. The third-order valence-corrected chi connectivity index (χ3v) is 6.56. The molecule has 2 atom stereocenters. The van der Waals surface area contributed by atoms with Crippen molar-refractivity contribution < 1.29 is 14.6 Å². The minimum absolute atomic E-state index is 0.0302. The summed E-state index contributed by atoms with van der Waals surface area (Å²) in [6.45, 7) is 6.26. The van der Waals surface area contributed by atoms with Gasteiger partial charge in [-0.3, -0.25) is 19.1 Å². The van der Waals surface area contributed by atoms with Gasteiger partial charge in [0, 0.05) is 38.4 Å². The van der Waals surface area contributed by atoms with Crippen molar-refractivity contribution >= 4 is 16.9 Å². The van der Waals surface area contributed by atoms with E-state index in [1.807, 2.05) is 0 Å². The van der Waals surface area contributed by atoms with Gasteiger partial charge in [0.05, 0.1) is 18.6 Å². The summed E-state index contributed by atoms with van der Waals surface area (Å²) in [7, 11) is 0. The highest BCUT2D eigenvalue weighted by atomic mass is 16.5. The van der Waals surface area contributed by atoms with Crippen LogP contribution in [0.15, 0.2) is 23.1 Å². The van der Waals surface area contributed by atoms with Gasteiger partial charge in [-0.1, -0.05) is 19.8 Å². The minimum atomic E-state index is -0.493. The zero-order valence-corrected chi connectivity index (χ0v) is 18.2. The fraction of sp³-hybridized carbons (Fsp3) is 0.609. The fourth-order valence-electron chi connectivity index (χ4n) is 4.63. The Morgan fingerprint density at radius 2 is 2.03 bits per heavy atom. The number of hydrogen-bond acceptors (Lipinski definition) is 6. The van der Waals surface area contributed by atoms with Crippen LogP contribution in [0.25, 0.3) is 11.0 Å². The van der Waals surface area contributed by atoms with Gasteiger partial charge in [-0.2, -0.15) is 0 Å². The van der Waals surface area contributed by atoms with Crippen LogP contribution in [0, 0.1) is 5.92 Å². The number of amides is 1. The topological polar surface area (TPSA) is 96.7 Å². The molecule has 8 heteroatoms. The van der Waals surface area contributed by atoms with Crippen molar-refractivity contribution in [2.45, 2.75) is 51.6 Å². The Hall–Kier alpha value is -2.45. The summed E-state index contributed by atoms with van der Waals surface area (Å²) in [5.41, 5.74) is -0.269. The lowest BCUT2D eigenvalue weighted by molar-refractivity contribution is 0.0364. The number of rotatable bonds is 5. The quantitative estimate of drug-likeness (QED) is 0.709. The molecule has 1 aliphatic heterocycles. The summed E-state index contributed by atoms with van der Waals surface area (Å²) in [6.07, 6.45) is 6.67. The van der Waals surface area contributed by atoms with Gasteiger partial charge < -0.3 is 15.2 Å². The molecule has 1 aliphatic carbocycles. The number of aromatic hydroxyl groups is 1. The minimum Gasteiger partial charge on any atom is -0.506 e. The molecule has 168 valence electrons. The van der Waals surface area contributed by atoms with Crippen molar-refractivity contribution in [1.82, 2.24) is 19.8 Å². The Bertz CT molecular complexity index is 983. The van der Waals surface area contributed by atoms with Gasteiger partial charge in [0.1, 0.15) is 17.0 Å². The molecule has 2 aromatic heterocycles. The first-order valence-electron chi connectivity index (χ1n) is 11.4. The van der Waals surface area contributed by atoms with E-state index in [0.717, 1.165) is 45.2 Å². The molecular formula is C23H32N4O4. The Morgan fingerprint density at radius 1 is 1.23 bits per heavy atom. The van der Waals surface area contributed by atoms with Crippen molar-refractivity contribution in [3.8, 4) is 5.75 Å². The molecule has 0 spiro atoms. The lowest BCUT2D eigenvalue weighted by atomic mass is 10.0. The molecule has 2 unspecified atom stereocenters. The summed E-state index contributed by atoms with van der Waals surface area (Å²) in [6, 6.07) is 3.43. The third kappa shape index (κ3) is 4.91. The van der Waals surface area contributed by atoms with Crippen molar-refractivity contribution in [1.29, 1.82) is 0 Å². The van der Waals surface area contributed by atoms with E-state index in [1.54, 1.807) is 18.3 Å². The van der Waals surface area contributed by atoms with E-state index >= 15 is 0 Å². The molecule has 3 heterocycles. The predicted molar refractivity (Wildman–Crippen MR) is 118 cm³/mol. The highest BCUT2D eigenvalue weighted by Crippen LogP contribution is 2.26. The molecule has 2 aromatic rings. The standard InChI is InChI=1S/C23H32N4O4/c1-16-4-2-5-17(8-7-16)25-22(29)19-20(28)18-6-3-9-24-21(18)27(23(19)30)11-10-26-12-14-31-15-13-26/h3,6,9,16-17,28H,2,4-5,7-8,10-15H2,1H3,(H,25,29). The Kier molecular flexibility index (Phi) is 6.87. The molecule has 0 radical (unpaired) electrons. The molecule has 2 N–H and O–H groups in total. The van der Waals surface area contributed by atoms with Crippen LogP contribution in [0.2, 0.25) is 0 Å². The molecule has 8 nitrogen and oxygen atoms in total. The second-order valence-corrected chi connectivity index (χ2v) is 8.79. The van der Waals surface area contributed by atoms with E-state index in [1.165, 1.54) is 4.57 Å². The van der Waals surface area contributed by atoms with Crippen LogP contribution in [0.1, 0.15) is 49.4 Å². The number of nitrogens with one attached hydrogen (secondary N) is 1. The first-order valence-corrected chi connectivity index (χ1v) is 11.4. The Labute approximate surface area is 182 Å². The smallest absolute Gasteiger partial charge is 0.268 e. The highest BCUT2D eigenvalue weighted by Gasteiger charge is 2.26. The molecular weight excluding hydrogens is 396 g/mol. The first-order chi connectivity index (χ1) is 15.0. The number of carbonyl (C=O) groups excluding carboxylic acids is 1. The second-order valence-electron chi connectivity index (χ2n) is 8.79. The second kappa shape index (κ2) is 9.78. The maximum Gasteiger partial charge on any atom is 0.268 e. The van der Waals surface area contributed by atoms with E-state index in [4.69, 9.17) is 4.74 Å². The van der Waals surface area contributed by atoms with Crippen LogP contribution in [-0.4, -0.2) is 64.4 Å². The van der Waals surface area contributed by atoms with Crippen molar-refractivity contribution in [2.75, 3.05) is 32.8 Å². The number of carbonyl (C=O) groups is 1. The lowest BCUT2D eigenvalue weighted by Gasteiger charge is -2.27. The summed E-state index contributed by atoms with van der Waals surface area (Å²) < 4.78 is 6.91. The fourth-order valence-corrected chi connectivity index (χ4v) is 4.63. The van der Waals surface area contributed by atoms with E-state index in [-0.39, 0.29) is 17.4 Å². The number of ether oxygens (including phenoxy) is 1. The van der Waals surface area contributed by atoms with Crippen LogP contribution in [0.5, 0.6) is 5.75 Å². The zero-order valence-electron chi connectivity index (χ0n) is 18.2. The maximum atomic E-state index is 13.3. The maximum absolute atomic E-state index is 13.3. The van der Waals surface area contributed by atoms with E-state index in [9.17, 15) is 14.7 Å². The largest absolute Gasteiger partial charge is 0.506 e. The number of morpholine rings is 1. The first kappa shape index (κ1) is 21.8. The summed E-state index contributed by atoms with van der Waals surface area (Å²) in [5, 5.41) is 14.3. The van der Waals surface area contributed by atoms with Crippen LogP contribution < -0.4 is 10.9 Å². The van der Waals surface area contributed by atoms with Gasteiger partial charge in [0.15, 0.2) is 0 Å². The lowest BCUT2D eigenvalue weighted by Crippen LogP contribution is -2.41. The van der Waals surface area contributed by atoms with Gasteiger partial charge in [0.25, 0.3) is 11.5 Å². The molecule has 1 saturated heterocycles. The summed E-state index contributed by atoms with van der Waals surface area (Å²) >= 11 is 0. The number of pyridine rings is 2. The highest BCUT2D eigenvalue weighted by molar-refractivity contribution is 6.01. The normalized spacial score (nSPS) is 22.9. The van der Waals surface area contributed by atoms with Crippen LogP contribution in [0.4, 0.5) is 0 Å². The van der Waals surface area contributed by atoms with E-state index in [0.29, 0.717) is 43.3 Å². The molecule has 1 amide bonds. The van der Waals surface area contributed by atoms with E-state index in [2.05, 4.69) is 22.1 Å². The number of fused-ring (bicyclic) bond motifs is 1. The summed E-state index contributed by atoms with van der Waals surface area (Å²) in [4.78, 5) is 33.0. The van der Waals surface area contributed by atoms with Gasteiger partial charge in [-0.15, -0.1) is 0 Å². The van der Waals surface area contributed by atoms with E-state index < -0.39 is 11.5 Å². The average molecular weight is 429 g/mol. The number of hydrogen-bond donors (Lipinski definition) is 2. The van der Waals surface area contributed by atoms with Gasteiger partial charge in [0.2, 0.25) is 0 Å². The number of nitrogens with zero attached hydrogens (tertiary/aromatic N) is 3.